The van der Waals surface area contributed by atoms with Gasteiger partial charge in [-0.2, -0.15) is 4.31 Å². The zero-order chi connectivity index (χ0) is 29.0. The molecule has 210 valence electrons. The van der Waals surface area contributed by atoms with Crippen molar-refractivity contribution in [1.29, 1.82) is 0 Å². The molecule has 0 saturated carbocycles. The van der Waals surface area contributed by atoms with Crippen LogP contribution in [0.2, 0.25) is 0 Å². The first kappa shape index (κ1) is 28.8. The Hall–Kier alpha value is -4.25. The lowest BCUT2D eigenvalue weighted by molar-refractivity contribution is -0.148. The van der Waals surface area contributed by atoms with Gasteiger partial charge in [0.2, 0.25) is 16.8 Å². The third-order valence-corrected chi connectivity index (χ3v) is 7.30. The molecule has 1 amide bonds. The Morgan fingerprint density at radius 3 is 2.40 bits per heavy atom. The predicted octanol–water partition coefficient (Wildman–Crippen LogP) is 4.70. The third kappa shape index (κ3) is 6.31. The molecular formula is C29H32N4O6S. The monoisotopic (exact) mass is 564 g/mol. The number of pyridine rings is 2. The predicted molar refractivity (Wildman–Crippen MR) is 153 cm³/mol. The van der Waals surface area contributed by atoms with Crippen LogP contribution >= 0.6 is 0 Å². The number of rotatable bonds is 8. The number of thiol groups is 1. The maximum absolute atomic E-state index is 13.7. The van der Waals surface area contributed by atoms with Crippen LogP contribution in [0.5, 0.6) is 11.6 Å². The van der Waals surface area contributed by atoms with Crippen LogP contribution in [0.4, 0.5) is 11.6 Å². The number of aromatic nitrogens is 2. The summed E-state index contributed by atoms with van der Waals surface area (Å²) in [5, 5.41) is 0. The van der Waals surface area contributed by atoms with Crippen molar-refractivity contribution in [2.45, 2.75) is 47.0 Å². The van der Waals surface area contributed by atoms with Gasteiger partial charge in [-0.25, -0.2) is 18.4 Å². The van der Waals surface area contributed by atoms with E-state index in [0.29, 0.717) is 41.6 Å². The van der Waals surface area contributed by atoms with Gasteiger partial charge in [0.25, 0.3) is 5.91 Å². The first-order valence-corrected chi connectivity index (χ1v) is 14.1. The summed E-state index contributed by atoms with van der Waals surface area (Å²) in [7, 11) is -3.41. The highest BCUT2D eigenvalue weighted by Gasteiger charge is 2.28. The van der Waals surface area contributed by atoms with E-state index in [-0.39, 0.29) is 35.0 Å². The van der Waals surface area contributed by atoms with Gasteiger partial charge < -0.3 is 15.2 Å². The average Bonchev–Trinajstić information content (AvgIpc) is 2.90. The fourth-order valence-electron chi connectivity index (χ4n) is 4.76. The van der Waals surface area contributed by atoms with Crippen LogP contribution in [0.1, 0.15) is 58.9 Å². The molecule has 1 aliphatic carbocycles. The maximum Gasteiger partial charge on any atom is 0.309 e. The number of amides is 1. The highest BCUT2D eigenvalue weighted by Crippen LogP contribution is 2.35. The van der Waals surface area contributed by atoms with Crippen LogP contribution in [0, 0.1) is 26.7 Å². The quantitative estimate of drug-likeness (QED) is 0.294. The van der Waals surface area contributed by atoms with E-state index >= 15 is 0 Å². The Morgan fingerprint density at radius 2 is 1.80 bits per heavy atom. The minimum atomic E-state index is -3.41. The van der Waals surface area contributed by atoms with Crippen molar-refractivity contribution in [2.24, 2.45) is 5.92 Å². The molecular weight excluding hydrogens is 532 g/mol. The van der Waals surface area contributed by atoms with E-state index in [1.165, 1.54) is 24.3 Å². The largest absolute Gasteiger partial charge is 0.466 e. The number of carbonyl (C=O) groups is 2. The lowest BCUT2D eigenvalue weighted by Gasteiger charge is -2.22. The second kappa shape index (κ2) is 12.3. The number of anilines is 2. The number of hydrogen-bond acceptors (Lipinski definition) is 9. The minimum absolute atomic E-state index is 0.0447. The van der Waals surface area contributed by atoms with Gasteiger partial charge in [0.05, 0.1) is 18.2 Å². The summed E-state index contributed by atoms with van der Waals surface area (Å²) in [6, 6.07) is 11.4. The normalized spacial score (nSPS) is 14.9. The fraction of sp³-hybridized carbons (Fsp3) is 0.310. The molecule has 4 rings (SSSR count). The van der Waals surface area contributed by atoms with Gasteiger partial charge in [-0.15, -0.1) is 0 Å². The van der Waals surface area contributed by atoms with Crippen LogP contribution in [0.15, 0.2) is 48.5 Å². The second-order valence-corrected chi connectivity index (χ2v) is 10.5. The standard InChI is InChI=1S/C29H32N4O6S/c1-5-38-29(35)21-11-9-20(10-12-21)23-14-13-22(27(31-23)39-26-18(3)15-17(2)16-19(26)4)28(34)33(40(36)37)25-8-6-7-24(30)32-25/h6-9,13-16,21,40H,5,10-12H2,1-4H3,(H2,30,32). The molecule has 1 atom stereocenters. The van der Waals surface area contributed by atoms with Crippen LogP contribution in [0.25, 0.3) is 5.57 Å². The molecule has 0 radical (unpaired) electrons. The van der Waals surface area contributed by atoms with Gasteiger partial charge in [0.1, 0.15) is 17.1 Å². The van der Waals surface area contributed by atoms with Crippen LogP contribution < -0.4 is 14.8 Å². The van der Waals surface area contributed by atoms with E-state index in [2.05, 4.69) is 9.97 Å². The second-order valence-electron chi connectivity index (χ2n) is 9.61. The molecule has 1 aliphatic rings. The highest BCUT2D eigenvalue weighted by molar-refractivity contribution is 7.75. The minimum Gasteiger partial charge on any atom is -0.466 e. The summed E-state index contributed by atoms with van der Waals surface area (Å²) < 4.78 is 36.4. The lowest BCUT2D eigenvalue weighted by Crippen LogP contribution is -2.30. The Labute approximate surface area is 234 Å². The summed E-state index contributed by atoms with van der Waals surface area (Å²) in [5.41, 5.74) is 9.86. The van der Waals surface area contributed by atoms with Crippen molar-refractivity contribution in [3.8, 4) is 11.6 Å². The summed E-state index contributed by atoms with van der Waals surface area (Å²) in [6.45, 7) is 7.85. The third-order valence-electron chi connectivity index (χ3n) is 6.58. The molecule has 0 aliphatic heterocycles. The molecule has 0 saturated heterocycles. The Bertz CT molecular complexity index is 1530. The number of aryl methyl sites for hydroxylation is 3. The number of allylic oxidation sites excluding steroid dienone is 2. The molecule has 10 nitrogen and oxygen atoms in total. The molecule has 2 heterocycles. The summed E-state index contributed by atoms with van der Waals surface area (Å²) in [4.78, 5) is 34.5. The van der Waals surface area contributed by atoms with Crippen LogP contribution in [0.3, 0.4) is 0 Å². The van der Waals surface area contributed by atoms with Crippen molar-refractivity contribution in [3.63, 3.8) is 0 Å². The van der Waals surface area contributed by atoms with Gasteiger partial charge in [0.15, 0.2) is 5.82 Å². The topological polar surface area (TPSA) is 142 Å². The summed E-state index contributed by atoms with van der Waals surface area (Å²) >= 11 is 0. The van der Waals surface area contributed by atoms with E-state index in [4.69, 9.17) is 15.2 Å². The van der Waals surface area contributed by atoms with Gasteiger partial charge in [-0.05, 0) is 87.9 Å². The van der Waals surface area contributed by atoms with E-state index in [1.807, 2.05) is 39.0 Å². The van der Waals surface area contributed by atoms with Crippen molar-refractivity contribution >= 4 is 40.0 Å². The Morgan fingerprint density at radius 1 is 1.07 bits per heavy atom. The van der Waals surface area contributed by atoms with Crippen LogP contribution in [-0.2, 0) is 20.4 Å². The molecule has 1 aromatic carbocycles. The zero-order valence-corrected chi connectivity index (χ0v) is 23.7. The Balaban J connectivity index is 1.77. The first-order chi connectivity index (χ1) is 19.1. The first-order valence-electron chi connectivity index (χ1n) is 12.9. The molecule has 0 spiro atoms. The van der Waals surface area contributed by atoms with Gasteiger partial charge in [-0.1, -0.05) is 29.8 Å². The maximum atomic E-state index is 13.7. The molecule has 40 heavy (non-hydrogen) atoms. The van der Waals surface area contributed by atoms with Gasteiger partial charge in [0, 0.05) is 0 Å². The van der Waals surface area contributed by atoms with Gasteiger partial charge >= 0.3 is 5.97 Å². The number of nitrogens with zero attached hydrogens (tertiary/aromatic N) is 3. The zero-order valence-electron chi connectivity index (χ0n) is 22.8. The molecule has 0 bridgehead atoms. The smallest absolute Gasteiger partial charge is 0.309 e. The number of ether oxygens (including phenoxy) is 2. The lowest BCUT2D eigenvalue weighted by atomic mass is 9.88. The number of hydrogen-bond donors (Lipinski definition) is 2. The number of benzene rings is 1. The molecule has 2 N–H and O–H groups in total. The van der Waals surface area contributed by atoms with E-state index < -0.39 is 16.8 Å². The van der Waals surface area contributed by atoms with Gasteiger partial charge in [-0.3, -0.25) is 9.59 Å². The van der Waals surface area contributed by atoms with E-state index in [0.717, 1.165) is 22.3 Å². The number of nitrogens with two attached hydrogens (primary N) is 1. The molecule has 3 aromatic rings. The Kier molecular flexibility index (Phi) is 8.83. The molecule has 0 fully saturated rings. The van der Waals surface area contributed by atoms with E-state index in [9.17, 15) is 18.0 Å². The molecule has 1 unspecified atom stereocenters. The summed E-state index contributed by atoms with van der Waals surface area (Å²) in [5.74, 6) is -0.923. The van der Waals surface area contributed by atoms with Crippen molar-refractivity contribution in [3.05, 3.63) is 76.5 Å². The summed E-state index contributed by atoms with van der Waals surface area (Å²) in [6.07, 6.45) is 3.63. The number of esters is 1. The highest BCUT2D eigenvalue weighted by atomic mass is 32.2. The SMILES string of the molecule is CCOC(=O)C1CC=C(c2ccc(C(=O)N(c3cccc(N)n3)[SH](=O)=O)c(Oc3c(C)cc(C)cc3C)n2)CC1. The van der Waals surface area contributed by atoms with Crippen molar-refractivity contribution in [2.75, 3.05) is 16.6 Å². The molecule has 2 aromatic heterocycles. The average molecular weight is 565 g/mol. The number of nitrogen functional groups attached to an aromatic ring is 1. The number of carbonyl (C=O) groups excluding carboxylic acids is 2. The molecule has 11 heteroatoms. The fourth-order valence-corrected chi connectivity index (χ4v) is 5.29. The van der Waals surface area contributed by atoms with Crippen LogP contribution in [-0.4, -0.2) is 36.9 Å². The van der Waals surface area contributed by atoms with Crippen molar-refractivity contribution < 1.29 is 27.5 Å². The van der Waals surface area contributed by atoms with Crippen molar-refractivity contribution in [1.82, 2.24) is 9.97 Å². The van der Waals surface area contributed by atoms with E-state index in [1.54, 1.807) is 13.0 Å².